The maximum Gasteiger partial charge on any atom is 0.246 e. The summed E-state index contributed by atoms with van der Waals surface area (Å²) in [5, 5.41) is 13.9. The molecule has 0 saturated heterocycles. The van der Waals surface area contributed by atoms with Crippen molar-refractivity contribution in [3.63, 3.8) is 0 Å². The molecule has 0 unspecified atom stereocenters. The summed E-state index contributed by atoms with van der Waals surface area (Å²) in [6.07, 6.45) is 0. The molecule has 0 fully saturated rings. The predicted octanol–water partition coefficient (Wildman–Crippen LogP) is 0.848. The first kappa shape index (κ1) is 14.0. The van der Waals surface area contributed by atoms with Crippen molar-refractivity contribution in [1.82, 2.24) is 25.9 Å². The van der Waals surface area contributed by atoms with Crippen molar-refractivity contribution in [2.75, 3.05) is 7.05 Å². The molecule has 2 aromatic heterocycles. The minimum Gasteiger partial charge on any atom is -0.361 e. The minimum atomic E-state index is 0.419. The van der Waals surface area contributed by atoms with Crippen LogP contribution in [0.1, 0.15) is 28.7 Å². The van der Waals surface area contributed by atoms with E-state index in [4.69, 9.17) is 9.05 Å². The van der Waals surface area contributed by atoms with Gasteiger partial charge in [0.05, 0.1) is 12.2 Å². The van der Waals surface area contributed by atoms with E-state index in [2.05, 4.69) is 30.9 Å². The van der Waals surface area contributed by atoms with E-state index in [1.54, 1.807) is 14.0 Å². The van der Waals surface area contributed by atoms with Gasteiger partial charge in [-0.1, -0.05) is 10.3 Å². The number of guanidine groups is 1. The van der Waals surface area contributed by atoms with Crippen LogP contribution in [0.15, 0.2) is 14.0 Å². The molecule has 0 aliphatic heterocycles. The third-order valence-electron chi connectivity index (χ3n) is 2.81. The summed E-state index contributed by atoms with van der Waals surface area (Å²) in [7, 11) is 1.70. The van der Waals surface area contributed by atoms with Crippen LogP contribution in [0.2, 0.25) is 0 Å². The molecule has 0 aromatic carbocycles. The zero-order valence-corrected chi connectivity index (χ0v) is 12.0. The van der Waals surface area contributed by atoms with Crippen LogP contribution in [0, 0.1) is 20.8 Å². The lowest BCUT2D eigenvalue weighted by Crippen LogP contribution is -2.36. The molecule has 0 amide bonds. The lowest BCUT2D eigenvalue weighted by atomic mass is 10.2. The molecule has 2 rings (SSSR count). The van der Waals surface area contributed by atoms with Gasteiger partial charge in [-0.05, 0) is 20.8 Å². The summed E-state index contributed by atoms with van der Waals surface area (Å²) >= 11 is 0. The van der Waals surface area contributed by atoms with Crippen LogP contribution in [0.25, 0.3) is 0 Å². The lowest BCUT2D eigenvalue weighted by molar-refractivity contribution is 0.371. The number of rotatable bonds is 4. The summed E-state index contributed by atoms with van der Waals surface area (Å²) < 4.78 is 10.1. The van der Waals surface area contributed by atoms with E-state index in [0.29, 0.717) is 30.8 Å². The zero-order valence-electron chi connectivity index (χ0n) is 12.0. The van der Waals surface area contributed by atoms with Crippen LogP contribution in [-0.2, 0) is 13.1 Å². The molecule has 2 heterocycles. The SMILES string of the molecule is CN=C(NCc1nc(C)no1)NCc1c(C)noc1C. The number of hydrogen-bond donors (Lipinski definition) is 2. The Morgan fingerprint density at radius 2 is 1.85 bits per heavy atom. The van der Waals surface area contributed by atoms with E-state index < -0.39 is 0 Å². The number of hydrogen-bond acceptors (Lipinski definition) is 6. The van der Waals surface area contributed by atoms with Crippen LogP contribution < -0.4 is 10.6 Å². The fourth-order valence-electron chi connectivity index (χ4n) is 1.72. The third-order valence-corrected chi connectivity index (χ3v) is 2.81. The van der Waals surface area contributed by atoms with Crippen molar-refractivity contribution in [2.45, 2.75) is 33.9 Å². The molecule has 2 aromatic rings. The Morgan fingerprint density at radius 1 is 1.10 bits per heavy atom. The fourth-order valence-corrected chi connectivity index (χ4v) is 1.72. The number of nitrogens with one attached hydrogen (secondary N) is 2. The molecule has 0 bridgehead atoms. The van der Waals surface area contributed by atoms with E-state index in [0.717, 1.165) is 17.0 Å². The van der Waals surface area contributed by atoms with E-state index in [1.165, 1.54) is 0 Å². The zero-order chi connectivity index (χ0) is 14.5. The largest absolute Gasteiger partial charge is 0.361 e. The molecule has 0 aliphatic rings. The van der Waals surface area contributed by atoms with Crippen molar-refractivity contribution in [3.8, 4) is 0 Å². The summed E-state index contributed by atoms with van der Waals surface area (Å²) in [6, 6.07) is 0. The first-order valence-corrected chi connectivity index (χ1v) is 6.25. The monoisotopic (exact) mass is 278 g/mol. The molecule has 0 atom stereocenters. The molecule has 8 nitrogen and oxygen atoms in total. The molecule has 2 N–H and O–H groups in total. The number of aromatic nitrogens is 3. The highest BCUT2D eigenvalue weighted by Crippen LogP contribution is 2.11. The van der Waals surface area contributed by atoms with Gasteiger partial charge < -0.3 is 19.7 Å². The molecular weight excluding hydrogens is 260 g/mol. The minimum absolute atomic E-state index is 0.419. The van der Waals surface area contributed by atoms with E-state index >= 15 is 0 Å². The highest BCUT2D eigenvalue weighted by atomic mass is 16.5. The van der Waals surface area contributed by atoms with Crippen molar-refractivity contribution < 1.29 is 9.05 Å². The average Bonchev–Trinajstić information content (AvgIpc) is 2.98. The first-order valence-electron chi connectivity index (χ1n) is 6.25. The van der Waals surface area contributed by atoms with Gasteiger partial charge in [0.1, 0.15) is 5.76 Å². The quantitative estimate of drug-likeness (QED) is 0.631. The van der Waals surface area contributed by atoms with Crippen LogP contribution in [0.3, 0.4) is 0 Å². The molecule has 0 radical (unpaired) electrons. The van der Waals surface area contributed by atoms with Gasteiger partial charge in [0.2, 0.25) is 5.89 Å². The average molecular weight is 278 g/mol. The van der Waals surface area contributed by atoms with Gasteiger partial charge in [0, 0.05) is 19.2 Å². The second-order valence-electron chi connectivity index (χ2n) is 4.32. The highest BCUT2D eigenvalue weighted by molar-refractivity contribution is 5.79. The number of nitrogens with zero attached hydrogens (tertiary/aromatic N) is 4. The van der Waals surface area contributed by atoms with E-state index in [1.807, 2.05) is 13.8 Å². The predicted molar refractivity (Wildman–Crippen MR) is 72.1 cm³/mol. The maximum absolute atomic E-state index is 5.11. The fraction of sp³-hybridized carbons (Fsp3) is 0.500. The Bertz CT molecular complexity index is 581. The molecular formula is C12H18N6O2. The van der Waals surface area contributed by atoms with Gasteiger partial charge in [-0.2, -0.15) is 4.98 Å². The van der Waals surface area contributed by atoms with Crippen LogP contribution in [0.5, 0.6) is 0 Å². The molecule has 8 heteroatoms. The van der Waals surface area contributed by atoms with Gasteiger partial charge >= 0.3 is 0 Å². The van der Waals surface area contributed by atoms with Gasteiger partial charge in [-0.3, -0.25) is 4.99 Å². The molecule has 20 heavy (non-hydrogen) atoms. The van der Waals surface area contributed by atoms with Crippen LogP contribution in [0.4, 0.5) is 0 Å². The van der Waals surface area contributed by atoms with Gasteiger partial charge in [0.15, 0.2) is 11.8 Å². The second kappa shape index (κ2) is 6.18. The topological polar surface area (TPSA) is 101 Å². The van der Waals surface area contributed by atoms with Crippen molar-refractivity contribution >= 4 is 5.96 Å². The summed E-state index contributed by atoms with van der Waals surface area (Å²) in [6.45, 7) is 6.57. The molecule has 0 spiro atoms. The van der Waals surface area contributed by atoms with E-state index in [9.17, 15) is 0 Å². The molecule has 108 valence electrons. The van der Waals surface area contributed by atoms with Crippen LogP contribution >= 0.6 is 0 Å². The van der Waals surface area contributed by atoms with Crippen LogP contribution in [-0.4, -0.2) is 28.3 Å². The normalized spacial score (nSPS) is 11.7. The number of aliphatic imine (C=N–C) groups is 1. The second-order valence-corrected chi connectivity index (χ2v) is 4.32. The Balaban J connectivity index is 1.87. The van der Waals surface area contributed by atoms with Crippen molar-refractivity contribution in [3.05, 3.63) is 28.7 Å². The highest BCUT2D eigenvalue weighted by Gasteiger charge is 2.10. The summed E-state index contributed by atoms with van der Waals surface area (Å²) in [5.41, 5.74) is 1.90. The smallest absolute Gasteiger partial charge is 0.246 e. The molecule has 0 aliphatic carbocycles. The van der Waals surface area contributed by atoms with Gasteiger partial charge in [-0.25, -0.2) is 0 Å². The number of aryl methyl sites for hydroxylation is 3. The van der Waals surface area contributed by atoms with Gasteiger partial charge in [-0.15, -0.1) is 0 Å². The lowest BCUT2D eigenvalue weighted by Gasteiger charge is -2.09. The van der Waals surface area contributed by atoms with Gasteiger partial charge in [0.25, 0.3) is 0 Å². The first-order chi connectivity index (χ1) is 9.60. The molecule has 0 saturated carbocycles. The summed E-state index contributed by atoms with van der Waals surface area (Å²) in [4.78, 5) is 8.23. The Labute approximate surface area is 116 Å². The Kier molecular flexibility index (Phi) is 4.34. The van der Waals surface area contributed by atoms with Crippen molar-refractivity contribution in [1.29, 1.82) is 0 Å². The maximum atomic E-state index is 5.11. The Hall–Kier alpha value is -2.38. The van der Waals surface area contributed by atoms with E-state index in [-0.39, 0.29) is 0 Å². The van der Waals surface area contributed by atoms with Crippen molar-refractivity contribution in [2.24, 2.45) is 4.99 Å². The third kappa shape index (κ3) is 3.34. The Morgan fingerprint density at radius 3 is 2.40 bits per heavy atom. The standard InChI is InChI=1S/C12H18N6O2/c1-7-10(8(2)19-17-7)5-14-12(13-4)15-6-11-16-9(3)18-20-11/h5-6H2,1-4H3,(H2,13,14,15). The summed E-state index contributed by atoms with van der Waals surface area (Å²) in [5.74, 6) is 2.57.